The Labute approximate surface area is 205 Å². The number of amides is 1. The van der Waals surface area contributed by atoms with Crippen molar-refractivity contribution in [3.63, 3.8) is 0 Å². The number of aromatic nitrogens is 5. The fraction of sp³-hybridized carbons (Fsp3) is 0.227. The lowest BCUT2D eigenvalue weighted by molar-refractivity contribution is -0.141. The number of anilines is 1. The van der Waals surface area contributed by atoms with Gasteiger partial charge in [0.2, 0.25) is 0 Å². The number of rotatable bonds is 8. The van der Waals surface area contributed by atoms with Gasteiger partial charge in [0.05, 0.1) is 25.5 Å². The Kier molecular flexibility index (Phi) is 7.31. The fourth-order valence-electron chi connectivity index (χ4n) is 3.25. The number of alkyl carbamates (subject to hydrolysis) is 1. The molecule has 10 nitrogen and oxygen atoms in total. The molecule has 1 unspecified atom stereocenters. The number of carbonyl (C=O) groups excluding carboxylic acids is 1. The van der Waals surface area contributed by atoms with E-state index in [1.165, 1.54) is 35.2 Å². The minimum absolute atomic E-state index is 0.0312. The van der Waals surface area contributed by atoms with Gasteiger partial charge in [-0.2, -0.15) is 18.3 Å². The van der Waals surface area contributed by atoms with E-state index in [4.69, 9.17) is 4.52 Å². The molecule has 0 aliphatic rings. The Hall–Kier alpha value is -4.56. The van der Waals surface area contributed by atoms with Gasteiger partial charge in [-0.3, -0.25) is 4.68 Å². The molecule has 3 heterocycles. The zero-order valence-corrected chi connectivity index (χ0v) is 19.0. The van der Waals surface area contributed by atoms with Crippen LogP contribution in [0.15, 0.2) is 53.4 Å². The number of nitrogens with one attached hydrogen (secondary N) is 2. The lowest BCUT2D eigenvalue weighted by atomic mass is 10.2. The topological polar surface area (TPSA) is 120 Å². The van der Waals surface area contributed by atoms with Crippen LogP contribution in [0.4, 0.5) is 32.6 Å². The van der Waals surface area contributed by atoms with Crippen molar-refractivity contribution in [2.24, 2.45) is 0 Å². The van der Waals surface area contributed by atoms with Crippen LogP contribution in [0.1, 0.15) is 5.56 Å². The summed E-state index contributed by atoms with van der Waals surface area (Å²) in [6, 6.07) is 6.60. The van der Waals surface area contributed by atoms with E-state index in [2.05, 4.69) is 25.0 Å². The molecular formula is C22H18F5N7O3. The van der Waals surface area contributed by atoms with E-state index in [0.29, 0.717) is 23.1 Å². The van der Waals surface area contributed by atoms with Crippen LogP contribution in [-0.4, -0.2) is 56.9 Å². The first-order chi connectivity index (χ1) is 17.7. The number of hydrogen-bond donors (Lipinski definition) is 2. The third kappa shape index (κ3) is 5.99. The molecule has 0 radical (unpaired) electrons. The number of hydrogen-bond acceptors (Lipinski definition) is 8. The summed E-state index contributed by atoms with van der Waals surface area (Å²) >= 11 is 0. The summed E-state index contributed by atoms with van der Waals surface area (Å²) < 4.78 is 79.6. The second-order valence-corrected chi connectivity index (χ2v) is 7.55. The van der Waals surface area contributed by atoms with E-state index in [-0.39, 0.29) is 18.1 Å². The Balaban J connectivity index is 1.67. The third-order valence-corrected chi connectivity index (χ3v) is 5.07. The number of carbonyl (C=O) groups is 1. The van der Waals surface area contributed by atoms with Gasteiger partial charge in [-0.15, -0.1) is 0 Å². The lowest BCUT2D eigenvalue weighted by Crippen LogP contribution is -2.46. The summed E-state index contributed by atoms with van der Waals surface area (Å²) in [4.78, 5) is 18.9. The first-order valence-corrected chi connectivity index (χ1v) is 10.6. The van der Waals surface area contributed by atoms with Gasteiger partial charge in [-0.1, -0.05) is 23.4 Å². The van der Waals surface area contributed by atoms with Crippen molar-refractivity contribution >= 4 is 11.9 Å². The summed E-state index contributed by atoms with van der Waals surface area (Å²) in [7, 11) is 0.986. The monoisotopic (exact) mass is 523 g/mol. The molecule has 2 N–H and O–H groups in total. The first kappa shape index (κ1) is 25.5. The Bertz CT molecular complexity index is 1380. The molecule has 0 saturated carbocycles. The summed E-state index contributed by atoms with van der Waals surface area (Å²) in [6.45, 7) is -0.987. The van der Waals surface area contributed by atoms with Crippen LogP contribution in [-0.2, 0) is 11.3 Å². The molecule has 0 fully saturated rings. The molecule has 194 valence electrons. The van der Waals surface area contributed by atoms with Gasteiger partial charge in [0.1, 0.15) is 29.5 Å². The van der Waals surface area contributed by atoms with Gasteiger partial charge in [0.25, 0.3) is 0 Å². The fourth-order valence-corrected chi connectivity index (χ4v) is 3.25. The molecule has 0 spiro atoms. The van der Waals surface area contributed by atoms with E-state index in [9.17, 15) is 26.7 Å². The molecule has 1 atom stereocenters. The van der Waals surface area contributed by atoms with Crippen molar-refractivity contribution in [1.82, 2.24) is 30.2 Å². The zero-order chi connectivity index (χ0) is 26.6. The van der Waals surface area contributed by atoms with Gasteiger partial charge in [0, 0.05) is 18.2 Å². The molecule has 3 aromatic heterocycles. The average Bonchev–Trinajstić information content (AvgIpc) is 3.53. The van der Waals surface area contributed by atoms with E-state index in [1.54, 1.807) is 12.1 Å². The molecule has 0 bridgehead atoms. The van der Waals surface area contributed by atoms with Crippen molar-refractivity contribution in [2.45, 2.75) is 18.8 Å². The van der Waals surface area contributed by atoms with Crippen LogP contribution in [0.5, 0.6) is 0 Å². The van der Waals surface area contributed by atoms with Crippen molar-refractivity contribution in [1.29, 1.82) is 0 Å². The van der Waals surface area contributed by atoms with E-state index < -0.39 is 42.3 Å². The second-order valence-electron chi connectivity index (χ2n) is 7.55. The Morgan fingerprint density at radius 1 is 1.16 bits per heavy atom. The highest BCUT2D eigenvalue weighted by Crippen LogP contribution is 2.28. The van der Waals surface area contributed by atoms with Gasteiger partial charge < -0.3 is 19.9 Å². The molecule has 4 rings (SSSR count). The van der Waals surface area contributed by atoms with Crippen LogP contribution in [0.2, 0.25) is 0 Å². The van der Waals surface area contributed by atoms with Crippen LogP contribution >= 0.6 is 0 Å². The average molecular weight is 523 g/mol. The smallest absolute Gasteiger partial charge is 0.410 e. The van der Waals surface area contributed by atoms with Gasteiger partial charge in [-0.25, -0.2) is 23.5 Å². The molecule has 4 aromatic rings. The Morgan fingerprint density at radius 3 is 2.62 bits per heavy atom. The summed E-state index contributed by atoms with van der Waals surface area (Å²) in [5.41, 5.74) is 1.05. The summed E-state index contributed by atoms with van der Waals surface area (Å²) in [6.07, 6.45) is -3.98. The Morgan fingerprint density at radius 2 is 1.95 bits per heavy atom. The standard InChI is InChI=1S/C22H18F5N7O3/c1-36-21(35)29-10-18(22(25,26)27)30-19-14(24)9-28-20(31-19)16-8-17(15-6-7-37-33-15)34(32-16)11-12-4-2-3-5-13(12)23/h2-9,18H,10-11H2,1H3,(H,29,35)(H,28,30,31). The van der Waals surface area contributed by atoms with Crippen LogP contribution in [0, 0.1) is 11.6 Å². The maximum Gasteiger partial charge on any atom is 0.410 e. The minimum Gasteiger partial charge on any atom is -0.453 e. The number of ether oxygens (including phenoxy) is 1. The highest BCUT2D eigenvalue weighted by atomic mass is 19.4. The van der Waals surface area contributed by atoms with Crippen LogP contribution in [0.25, 0.3) is 22.9 Å². The molecule has 1 amide bonds. The number of halogens is 5. The largest absolute Gasteiger partial charge is 0.453 e. The molecule has 0 saturated heterocycles. The van der Waals surface area contributed by atoms with Crippen LogP contribution < -0.4 is 10.6 Å². The SMILES string of the molecule is COC(=O)NCC(Nc1nc(-c2cc(-c3ccon3)n(Cc3ccccc3F)n2)ncc1F)C(F)(F)F. The molecule has 15 heteroatoms. The van der Waals surface area contributed by atoms with Crippen molar-refractivity contribution in [3.8, 4) is 22.9 Å². The molecule has 1 aromatic carbocycles. The van der Waals surface area contributed by atoms with E-state index in [1.807, 2.05) is 10.6 Å². The number of alkyl halides is 3. The van der Waals surface area contributed by atoms with Gasteiger partial charge >= 0.3 is 12.3 Å². The first-order valence-electron chi connectivity index (χ1n) is 10.6. The van der Waals surface area contributed by atoms with Crippen LogP contribution in [0.3, 0.4) is 0 Å². The zero-order valence-electron chi connectivity index (χ0n) is 19.0. The second kappa shape index (κ2) is 10.6. The molecule has 0 aliphatic carbocycles. The highest BCUT2D eigenvalue weighted by Gasteiger charge is 2.40. The number of nitrogens with zero attached hydrogens (tertiary/aromatic N) is 5. The lowest BCUT2D eigenvalue weighted by Gasteiger charge is -2.22. The third-order valence-electron chi connectivity index (χ3n) is 5.07. The van der Waals surface area contributed by atoms with Crippen molar-refractivity contribution in [2.75, 3.05) is 19.0 Å². The van der Waals surface area contributed by atoms with E-state index >= 15 is 0 Å². The maximum absolute atomic E-state index is 14.4. The molecule has 37 heavy (non-hydrogen) atoms. The number of benzene rings is 1. The summed E-state index contributed by atoms with van der Waals surface area (Å²) in [5, 5.41) is 12.0. The molecule has 0 aliphatic heterocycles. The quantitative estimate of drug-likeness (QED) is 0.333. The van der Waals surface area contributed by atoms with E-state index in [0.717, 1.165) is 7.11 Å². The van der Waals surface area contributed by atoms with Gasteiger partial charge in [-0.05, 0) is 12.1 Å². The summed E-state index contributed by atoms with van der Waals surface area (Å²) in [5.74, 6) is -2.64. The van der Waals surface area contributed by atoms with Gasteiger partial charge in [0.15, 0.2) is 17.5 Å². The normalized spacial score (nSPS) is 12.3. The maximum atomic E-state index is 14.4. The predicted octanol–water partition coefficient (Wildman–Crippen LogP) is 4.02. The minimum atomic E-state index is -4.87. The van der Waals surface area contributed by atoms with Crippen molar-refractivity contribution < 1.29 is 36.0 Å². The number of methoxy groups -OCH3 is 1. The highest BCUT2D eigenvalue weighted by molar-refractivity contribution is 5.67. The van der Waals surface area contributed by atoms with Crippen molar-refractivity contribution in [3.05, 3.63) is 66.1 Å². The molecular weight excluding hydrogens is 505 g/mol. The predicted molar refractivity (Wildman–Crippen MR) is 118 cm³/mol.